The zero-order valence-electron chi connectivity index (χ0n) is 22.2. The van der Waals surface area contributed by atoms with Gasteiger partial charge in [-0.1, -0.05) is 25.1 Å². The number of amides is 1. The summed E-state index contributed by atoms with van der Waals surface area (Å²) in [4.78, 5) is 19.6. The van der Waals surface area contributed by atoms with Crippen molar-refractivity contribution in [2.24, 2.45) is 5.92 Å². The summed E-state index contributed by atoms with van der Waals surface area (Å²) in [5.41, 5.74) is 1.20. The molecule has 3 atom stereocenters. The Morgan fingerprint density at radius 1 is 1.21 bits per heavy atom. The van der Waals surface area contributed by atoms with Gasteiger partial charge in [-0.05, 0) is 42.8 Å². The molecule has 1 aromatic heterocycles. The number of carbonyl (C=O) groups excluding carboxylic acids is 1. The summed E-state index contributed by atoms with van der Waals surface area (Å²) in [6.07, 6.45) is 0.809. The van der Waals surface area contributed by atoms with E-state index in [4.69, 9.17) is 9.47 Å². The molecule has 11 heteroatoms. The minimum atomic E-state index is -3.89. The second kappa shape index (κ2) is 11.7. The molecule has 0 radical (unpaired) electrons. The van der Waals surface area contributed by atoms with Crippen LogP contribution in [0.25, 0.3) is 11.1 Å². The van der Waals surface area contributed by atoms with Crippen molar-refractivity contribution in [3.63, 3.8) is 0 Å². The van der Waals surface area contributed by atoms with E-state index >= 15 is 0 Å². The van der Waals surface area contributed by atoms with Gasteiger partial charge in [-0.2, -0.15) is 4.31 Å². The quantitative estimate of drug-likeness (QED) is 0.452. The second-order valence-electron chi connectivity index (χ2n) is 9.67. The van der Waals surface area contributed by atoms with Gasteiger partial charge < -0.3 is 19.5 Å². The van der Waals surface area contributed by atoms with Crippen LogP contribution in [0.15, 0.2) is 65.7 Å². The van der Waals surface area contributed by atoms with Crippen LogP contribution in [-0.2, 0) is 10.0 Å². The number of pyridine rings is 1. The first-order valence-corrected chi connectivity index (χ1v) is 13.9. The maximum absolute atomic E-state index is 13.9. The van der Waals surface area contributed by atoms with Crippen LogP contribution in [0, 0.1) is 11.7 Å². The van der Waals surface area contributed by atoms with E-state index in [1.165, 1.54) is 53.8 Å². The fraction of sp³-hybridized carbons (Fsp3) is 0.357. The van der Waals surface area contributed by atoms with Crippen molar-refractivity contribution in [3.05, 3.63) is 72.2 Å². The summed E-state index contributed by atoms with van der Waals surface area (Å²) in [6, 6.07) is 13.2. The molecule has 1 aliphatic rings. The molecule has 0 aliphatic carbocycles. The van der Waals surface area contributed by atoms with E-state index in [0.29, 0.717) is 16.9 Å². The molecule has 0 saturated carbocycles. The maximum Gasteiger partial charge on any atom is 0.259 e. The highest BCUT2D eigenvalue weighted by atomic mass is 32.2. The number of hydrogen-bond donors (Lipinski definition) is 1. The molecule has 0 saturated heterocycles. The molecule has 1 N–H and O–H groups in total. The number of hydrogen-bond acceptors (Lipinski definition) is 7. The summed E-state index contributed by atoms with van der Waals surface area (Å²) in [5.74, 6) is -0.673. The molecule has 2 heterocycles. The number of carbonyl (C=O) groups is 1. The van der Waals surface area contributed by atoms with E-state index in [9.17, 15) is 22.7 Å². The van der Waals surface area contributed by atoms with Crippen LogP contribution >= 0.6 is 0 Å². The Hall–Kier alpha value is -3.54. The van der Waals surface area contributed by atoms with Crippen molar-refractivity contribution in [2.75, 3.05) is 33.9 Å². The Morgan fingerprint density at radius 2 is 1.95 bits per heavy atom. The number of ether oxygens (including phenoxy) is 2. The van der Waals surface area contributed by atoms with E-state index in [1.807, 2.05) is 6.92 Å². The fourth-order valence-corrected chi connectivity index (χ4v) is 5.66. The van der Waals surface area contributed by atoms with Gasteiger partial charge >= 0.3 is 0 Å². The number of likely N-dealkylation sites (N-methyl/N-ethyl adjacent to an activating group) is 1. The number of fused-ring (bicyclic) bond motifs is 1. The van der Waals surface area contributed by atoms with E-state index in [0.717, 1.165) is 0 Å². The number of aliphatic hydroxyl groups is 1. The Bertz CT molecular complexity index is 1450. The third kappa shape index (κ3) is 6.05. The summed E-state index contributed by atoms with van der Waals surface area (Å²) < 4.78 is 53.2. The van der Waals surface area contributed by atoms with Crippen LogP contribution in [0.5, 0.6) is 11.6 Å². The highest BCUT2D eigenvalue weighted by Gasteiger charge is 2.36. The number of rotatable bonds is 8. The van der Waals surface area contributed by atoms with Gasteiger partial charge in [0.25, 0.3) is 5.91 Å². The van der Waals surface area contributed by atoms with Crippen molar-refractivity contribution in [3.8, 4) is 22.8 Å². The normalized spacial score (nSPS) is 18.6. The van der Waals surface area contributed by atoms with E-state index in [-0.39, 0.29) is 47.9 Å². The third-order valence-electron chi connectivity index (χ3n) is 6.87. The van der Waals surface area contributed by atoms with Gasteiger partial charge in [0.1, 0.15) is 23.2 Å². The molecule has 0 spiro atoms. The first kappa shape index (κ1) is 28.5. The molecule has 208 valence electrons. The molecule has 4 rings (SSSR count). The van der Waals surface area contributed by atoms with Gasteiger partial charge in [-0.15, -0.1) is 0 Å². The first-order valence-electron chi connectivity index (χ1n) is 12.5. The molecular weight excluding hydrogens is 525 g/mol. The van der Waals surface area contributed by atoms with Gasteiger partial charge in [0.2, 0.25) is 15.9 Å². The molecule has 2 aromatic carbocycles. The lowest BCUT2D eigenvalue weighted by atomic mass is 9.99. The lowest BCUT2D eigenvalue weighted by Gasteiger charge is -2.37. The summed E-state index contributed by atoms with van der Waals surface area (Å²) in [7, 11) is -0.963. The number of halogens is 1. The zero-order chi connectivity index (χ0) is 28.3. The molecule has 1 aliphatic heterocycles. The molecular formula is C28H32FN3O6S. The lowest BCUT2D eigenvalue weighted by Crippen LogP contribution is -2.50. The standard InChI is InChI=1S/C28H32FN3O6S/c1-18-15-32(19(2)17-33)28(34)25-12-21(20-7-5-8-22(29)11-20)14-30-27(25)38-26(18)16-31(3)39(35,36)24-10-6-9-23(13-24)37-4/h5-14,18-19,26,33H,15-17H2,1-4H3/t18-,19-,26-/m0/s1. The number of aromatic nitrogens is 1. The number of methoxy groups -OCH3 is 1. The van der Waals surface area contributed by atoms with E-state index in [2.05, 4.69) is 4.98 Å². The molecule has 9 nitrogen and oxygen atoms in total. The third-order valence-corrected chi connectivity index (χ3v) is 8.68. The molecule has 0 bridgehead atoms. The average molecular weight is 558 g/mol. The van der Waals surface area contributed by atoms with Crippen molar-refractivity contribution in [2.45, 2.75) is 30.9 Å². The predicted octanol–water partition coefficient (Wildman–Crippen LogP) is 3.44. The minimum Gasteiger partial charge on any atom is -0.497 e. The maximum atomic E-state index is 13.9. The van der Waals surface area contributed by atoms with Crippen molar-refractivity contribution in [1.29, 1.82) is 0 Å². The molecule has 3 aromatic rings. The number of nitrogens with zero attached hydrogens (tertiary/aromatic N) is 3. The number of sulfonamides is 1. The Kier molecular flexibility index (Phi) is 8.53. The monoisotopic (exact) mass is 557 g/mol. The van der Waals surface area contributed by atoms with Crippen LogP contribution < -0.4 is 9.47 Å². The topological polar surface area (TPSA) is 109 Å². The van der Waals surface area contributed by atoms with Crippen LogP contribution in [0.2, 0.25) is 0 Å². The zero-order valence-corrected chi connectivity index (χ0v) is 23.1. The van der Waals surface area contributed by atoms with Gasteiger partial charge in [0.15, 0.2) is 0 Å². The van der Waals surface area contributed by atoms with Crippen LogP contribution in [0.1, 0.15) is 24.2 Å². The Morgan fingerprint density at radius 3 is 2.64 bits per heavy atom. The second-order valence-corrected chi connectivity index (χ2v) is 11.7. The smallest absolute Gasteiger partial charge is 0.259 e. The molecule has 0 fully saturated rings. The average Bonchev–Trinajstić information content (AvgIpc) is 2.94. The van der Waals surface area contributed by atoms with Gasteiger partial charge in [-0.3, -0.25) is 4.79 Å². The van der Waals surface area contributed by atoms with Crippen molar-refractivity contribution < 1.29 is 32.2 Å². The first-order chi connectivity index (χ1) is 18.5. The number of benzene rings is 2. The van der Waals surface area contributed by atoms with E-state index in [1.54, 1.807) is 37.3 Å². The number of aliphatic hydroxyl groups excluding tert-OH is 1. The minimum absolute atomic E-state index is 0.0248. The van der Waals surface area contributed by atoms with Gasteiger partial charge in [0, 0.05) is 37.3 Å². The van der Waals surface area contributed by atoms with Crippen LogP contribution in [0.4, 0.5) is 4.39 Å². The SMILES string of the molecule is COc1cccc(S(=O)(=O)N(C)C[C@@H]2Oc3ncc(-c4cccc(F)c4)cc3C(=O)N([C@@H](C)CO)C[C@@H]2C)c1. The van der Waals surface area contributed by atoms with Gasteiger partial charge in [-0.25, -0.2) is 17.8 Å². The van der Waals surface area contributed by atoms with Crippen molar-refractivity contribution in [1.82, 2.24) is 14.2 Å². The molecule has 1 amide bonds. The largest absolute Gasteiger partial charge is 0.497 e. The summed E-state index contributed by atoms with van der Waals surface area (Å²) >= 11 is 0. The van der Waals surface area contributed by atoms with E-state index < -0.39 is 28.0 Å². The highest BCUT2D eigenvalue weighted by Crippen LogP contribution is 2.31. The molecule has 0 unspecified atom stereocenters. The summed E-state index contributed by atoms with van der Waals surface area (Å²) in [5, 5.41) is 9.87. The van der Waals surface area contributed by atoms with Crippen molar-refractivity contribution >= 4 is 15.9 Å². The van der Waals surface area contributed by atoms with Crippen LogP contribution in [-0.4, -0.2) is 79.6 Å². The lowest BCUT2D eigenvalue weighted by molar-refractivity contribution is 0.0373. The van der Waals surface area contributed by atoms with Gasteiger partial charge in [0.05, 0.1) is 31.2 Å². The van der Waals surface area contributed by atoms with Crippen LogP contribution in [0.3, 0.4) is 0 Å². The predicted molar refractivity (Wildman–Crippen MR) is 144 cm³/mol. The summed E-state index contributed by atoms with van der Waals surface area (Å²) in [6.45, 7) is 3.50. The molecule has 39 heavy (non-hydrogen) atoms. The highest BCUT2D eigenvalue weighted by molar-refractivity contribution is 7.89. The fourth-order valence-electron chi connectivity index (χ4n) is 4.44. The Labute approximate surface area is 227 Å². The Balaban J connectivity index is 1.71.